The lowest BCUT2D eigenvalue weighted by molar-refractivity contribution is -0.103. The summed E-state index contributed by atoms with van der Waals surface area (Å²) < 4.78 is 5.34. The van der Waals surface area contributed by atoms with Gasteiger partial charge in [0.05, 0.1) is 6.61 Å². The average molecular weight is 172 g/mol. The lowest BCUT2D eigenvalue weighted by atomic mass is 10.1. The Morgan fingerprint density at radius 3 is 3.23 bits per heavy atom. The monoisotopic (exact) mass is 172 g/mol. The molecule has 0 N–H and O–H groups in total. The van der Waals surface area contributed by atoms with Crippen LogP contribution in [0.4, 0.5) is 0 Å². The molecule has 1 aliphatic heterocycles. The highest BCUT2D eigenvalue weighted by Crippen LogP contribution is 2.25. The quantitative estimate of drug-likeness (QED) is 0.433. The van der Waals surface area contributed by atoms with Crippen molar-refractivity contribution < 1.29 is 9.53 Å². The van der Waals surface area contributed by atoms with Gasteiger partial charge in [-0.15, -0.1) is 0 Å². The highest BCUT2D eigenvalue weighted by molar-refractivity contribution is 5.74. The number of carbonyl (C=O) groups is 1. The predicted octanol–water partition coefficient (Wildman–Crippen LogP) is 1.17. The molecule has 1 aliphatic rings. The van der Waals surface area contributed by atoms with Gasteiger partial charge in [0.2, 0.25) is 0 Å². The zero-order chi connectivity index (χ0) is 9.10. The Bertz CT molecular complexity index is 396. The largest absolute Gasteiger partial charge is 0.493 e. The number of rotatable bonds is 0. The van der Waals surface area contributed by atoms with Gasteiger partial charge in [-0.1, -0.05) is 5.92 Å². The number of fused-ring (bicyclic) bond motifs is 1. The molecule has 0 radical (unpaired) electrons. The van der Waals surface area contributed by atoms with Gasteiger partial charge in [0.25, 0.3) is 0 Å². The van der Waals surface area contributed by atoms with E-state index in [1.165, 1.54) is 5.56 Å². The van der Waals surface area contributed by atoms with E-state index in [0.29, 0.717) is 6.29 Å². The van der Waals surface area contributed by atoms with Gasteiger partial charge in [0.1, 0.15) is 5.75 Å². The van der Waals surface area contributed by atoms with Gasteiger partial charge < -0.3 is 4.74 Å². The first-order chi connectivity index (χ1) is 6.40. The molecule has 0 unspecified atom stereocenters. The summed E-state index contributed by atoms with van der Waals surface area (Å²) in [6.07, 6.45) is 1.54. The van der Waals surface area contributed by atoms with Crippen molar-refractivity contribution in [3.8, 4) is 17.6 Å². The Hall–Kier alpha value is -1.75. The number of benzene rings is 1. The van der Waals surface area contributed by atoms with E-state index in [0.717, 1.165) is 24.3 Å². The number of ether oxygens (including phenoxy) is 1. The van der Waals surface area contributed by atoms with Crippen LogP contribution in [0.2, 0.25) is 0 Å². The second-order valence-electron chi connectivity index (χ2n) is 2.81. The van der Waals surface area contributed by atoms with Crippen molar-refractivity contribution in [3.63, 3.8) is 0 Å². The molecule has 2 heteroatoms. The molecule has 2 rings (SSSR count). The van der Waals surface area contributed by atoms with Crippen molar-refractivity contribution in [2.75, 3.05) is 6.61 Å². The second kappa shape index (κ2) is 3.32. The molecule has 0 bridgehead atoms. The molecular formula is C11H8O2. The zero-order valence-corrected chi connectivity index (χ0v) is 7.04. The molecule has 13 heavy (non-hydrogen) atoms. The SMILES string of the molecule is O=CC#Cc1ccc2c(c1)CCO2. The summed E-state index contributed by atoms with van der Waals surface area (Å²) in [5.74, 6) is 6.08. The van der Waals surface area contributed by atoms with E-state index in [1.807, 2.05) is 18.2 Å². The standard InChI is InChI=1S/C11H8O2/c12-6-1-2-9-3-4-11-10(8-9)5-7-13-11/h3-4,6,8H,5,7H2. The van der Waals surface area contributed by atoms with Crippen molar-refractivity contribution in [1.82, 2.24) is 0 Å². The summed E-state index contributed by atoms with van der Waals surface area (Å²) in [4.78, 5) is 10.0. The van der Waals surface area contributed by atoms with Crippen molar-refractivity contribution in [3.05, 3.63) is 29.3 Å². The first-order valence-electron chi connectivity index (χ1n) is 4.11. The van der Waals surface area contributed by atoms with Gasteiger partial charge in [-0.25, -0.2) is 0 Å². The lowest BCUT2D eigenvalue weighted by Gasteiger charge is -1.97. The molecule has 1 heterocycles. The molecule has 0 aliphatic carbocycles. The van der Waals surface area contributed by atoms with E-state index < -0.39 is 0 Å². The van der Waals surface area contributed by atoms with Gasteiger partial charge in [0.15, 0.2) is 6.29 Å². The Balaban J connectivity index is 2.36. The van der Waals surface area contributed by atoms with Crippen LogP contribution in [-0.4, -0.2) is 12.9 Å². The van der Waals surface area contributed by atoms with E-state index >= 15 is 0 Å². The van der Waals surface area contributed by atoms with Crippen LogP contribution in [0.3, 0.4) is 0 Å². The molecule has 0 saturated heterocycles. The third-order valence-electron chi connectivity index (χ3n) is 1.96. The molecule has 0 spiro atoms. The third-order valence-corrected chi connectivity index (χ3v) is 1.96. The van der Waals surface area contributed by atoms with Crippen LogP contribution in [0.25, 0.3) is 0 Å². The Kier molecular flexibility index (Phi) is 2.01. The van der Waals surface area contributed by atoms with Crippen molar-refractivity contribution >= 4 is 6.29 Å². The van der Waals surface area contributed by atoms with Gasteiger partial charge in [-0.05, 0) is 29.7 Å². The van der Waals surface area contributed by atoms with E-state index in [9.17, 15) is 4.79 Å². The fraction of sp³-hybridized carbons (Fsp3) is 0.182. The Labute approximate surface area is 76.5 Å². The summed E-state index contributed by atoms with van der Waals surface area (Å²) in [5, 5.41) is 0. The minimum Gasteiger partial charge on any atom is -0.493 e. The van der Waals surface area contributed by atoms with Gasteiger partial charge in [0, 0.05) is 12.0 Å². The minimum absolute atomic E-state index is 0.601. The van der Waals surface area contributed by atoms with E-state index in [1.54, 1.807) is 0 Å². The molecule has 1 aromatic rings. The maximum absolute atomic E-state index is 10.0. The highest BCUT2D eigenvalue weighted by atomic mass is 16.5. The predicted molar refractivity (Wildman–Crippen MR) is 48.6 cm³/mol. The fourth-order valence-corrected chi connectivity index (χ4v) is 1.38. The molecule has 0 aromatic heterocycles. The molecule has 1 aromatic carbocycles. The van der Waals surface area contributed by atoms with Crippen LogP contribution in [0, 0.1) is 11.8 Å². The summed E-state index contributed by atoms with van der Waals surface area (Å²) >= 11 is 0. The normalized spacial score (nSPS) is 12.3. The molecule has 0 atom stereocenters. The van der Waals surface area contributed by atoms with Crippen LogP contribution in [0.15, 0.2) is 18.2 Å². The Morgan fingerprint density at radius 1 is 1.46 bits per heavy atom. The number of carbonyl (C=O) groups excluding carboxylic acids is 1. The van der Waals surface area contributed by atoms with Crippen molar-refractivity contribution in [2.24, 2.45) is 0 Å². The maximum Gasteiger partial charge on any atom is 0.193 e. The highest BCUT2D eigenvalue weighted by Gasteiger charge is 2.10. The summed E-state index contributed by atoms with van der Waals surface area (Å²) in [7, 11) is 0. The molecular weight excluding hydrogens is 164 g/mol. The smallest absolute Gasteiger partial charge is 0.193 e. The van der Waals surface area contributed by atoms with Crippen LogP contribution >= 0.6 is 0 Å². The molecule has 0 fully saturated rings. The van der Waals surface area contributed by atoms with Crippen LogP contribution < -0.4 is 4.74 Å². The minimum atomic E-state index is 0.601. The lowest BCUT2D eigenvalue weighted by Crippen LogP contribution is -1.85. The van der Waals surface area contributed by atoms with Crippen LogP contribution in [0.1, 0.15) is 11.1 Å². The summed E-state index contributed by atoms with van der Waals surface area (Å²) in [6.45, 7) is 0.750. The number of hydrogen-bond acceptors (Lipinski definition) is 2. The third kappa shape index (κ3) is 1.54. The van der Waals surface area contributed by atoms with Crippen LogP contribution in [-0.2, 0) is 11.2 Å². The summed E-state index contributed by atoms with van der Waals surface area (Å²) in [6, 6.07) is 5.73. The first-order valence-corrected chi connectivity index (χ1v) is 4.11. The van der Waals surface area contributed by atoms with Crippen LogP contribution in [0.5, 0.6) is 5.75 Å². The van der Waals surface area contributed by atoms with Gasteiger partial charge >= 0.3 is 0 Å². The van der Waals surface area contributed by atoms with Gasteiger partial charge in [-0.2, -0.15) is 0 Å². The fourth-order valence-electron chi connectivity index (χ4n) is 1.38. The average Bonchev–Trinajstić information content (AvgIpc) is 2.61. The van der Waals surface area contributed by atoms with E-state index in [4.69, 9.17) is 4.74 Å². The number of aldehydes is 1. The molecule has 0 saturated carbocycles. The molecule has 2 nitrogen and oxygen atoms in total. The topological polar surface area (TPSA) is 26.3 Å². The van der Waals surface area contributed by atoms with Crippen molar-refractivity contribution in [1.29, 1.82) is 0 Å². The zero-order valence-electron chi connectivity index (χ0n) is 7.04. The van der Waals surface area contributed by atoms with E-state index in [-0.39, 0.29) is 0 Å². The number of hydrogen-bond donors (Lipinski definition) is 0. The molecule has 0 amide bonds. The first kappa shape index (κ1) is 7.88. The summed E-state index contributed by atoms with van der Waals surface area (Å²) in [5.41, 5.74) is 2.05. The maximum atomic E-state index is 10.0. The van der Waals surface area contributed by atoms with Gasteiger partial charge in [-0.3, -0.25) is 4.79 Å². The van der Waals surface area contributed by atoms with E-state index in [2.05, 4.69) is 11.8 Å². The second-order valence-corrected chi connectivity index (χ2v) is 2.81. The van der Waals surface area contributed by atoms with Crippen molar-refractivity contribution in [2.45, 2.75) is 6.42 Å². The Morgan fingerprint density at radius 2 is 2.38 bits per heavy atom. The molecule has 64 valence electrons.